The van der Waals surface area contributed by atoms with E-state index in [0.717, 1.165) is 41.6 Å². The Morgan fingerprint density at radius 2 is 2.00 bits per heavy atom. The highest BCUT2D eigenvalue weighted by Crippen LogP contribution is 2.39. The zero-order valence-corrected chi connectivity index (χ0v) is 19.7. The van der Waals surface area contributed by atoms with E-state index in [-0.39, 0.29) is 19.0 Å². The van der Waals surface area contributed by atoms with E-state index in [4.69, 9.17) is 14.4 Å². The van der Waals surface area contributed by atoms with E-state index in [1.807, 2.05) is 44.2 Å². The number of benzene rings is 1. The van der Waals surface area contributed by atoms with E-state index in [0.29, 0.717) is 36.7 Å². The van der Waals surface area contributed by atoms with Gasteiger partial charge in [0.1, 0.15) is 24.2 Å². The Hall–Kier alpha value is -3.10. The number of aromatic nitrogens is 3. The largest absolute Gasteiger partial charge is 0.490 e. The Morgan fingerprint density at radius 1 is 1.21 bits per heavy atom. The van der Waals surface area contributed by atoms with Crippen LogP contribution in [0.15, 0.2) is 41.1 Å². The summed E-state index contributed by atoms with van der Waals surface area (Å²) in [5.74, 6) is 1.87. The standard InChI is InChI=1S/C26H31N3O5/c1-17-13-19(14-18(2)24(17)33-16-20(31)15-30)25-28-23(34-29-25)9-11-26(10-5-3-8-22(26)32)21-7-4-6-12-27-21/h4,6-7,12-14,20,30-31H,3,5,8-11,15-16H2,1-2H3/t20-,26?/m1/s1. The van der Waals surface area contributed by atoms with Crippen molar-refractivity contribution in [2.45, 2.75) is 63.9 Å². The second-order valence-corrected chi connectivity index (χ2v) is 9.03. The van der Waals surface area contributed by atoms with E-state index in [9.17, 15) is 9.90 Å². The van der Waals surface area contributed by atoms with Gasteiger partial charge in [0.15, 0.2) is 0 Å². The van der Waals surface area contributed by atoms with Gasteiger partial charge in [0.2, 0.25) is 11.7 Å². The van der Waals surface area contributed by atoms with Crippen LogP contribution >= 0.6 is 0 Å². The number of ketones is 1. The molecule has 2 atom stereocenters. The molecule has 1 aliphatic rings. The Morgan fingerprint density at radius 3 is 2.68 bits per heavy atom. The average molecular weight is 466 g/mol. The Kier molecular flexibility index (Phi) is 7.38. The summed E-state index contributed by atoms with van der Waals surface area (Å²) in [6.45, 7) is 3.47. The van der Waals surface area contributed by atoms with Crippen molar-refractivity contribution in [2.75, 3.05) is 13.2 Å². The quantitative estimate of drug-likeness (QED) is 0.493. The predicted octanol–water partition coefficient (Wildman–Crippen LogP) is 3.49. The second kappa shape index (κ2) is 10.4. The van der Waals surface area contributed by atoms with Crippen LogP contribution in [0.1, 0.15) is 54.8 Å². The lowest BCUT2D eigenvalue weighted by Gasteiger charge is -2.35. The van der Waals surface area contributed by atoms with Crippen molar-refractivity contribution in [3.8, 4) is 17.1 Å². The molecule has 1 aliphatic carbocycles. The van der Waals surface area contributed by atoms with Crippen molar-refractivity contribution < 1.29 is 24.3 Å². The summed E-state index contributed by atoms with van der Waals surface area (Å²) in [7, 11) is 0. The molecule has 8 heteroatoms. The van der Waals surface area contributed by atoms with E-state index in [2.05, 4.69) is 15.1 Å². The second-order valence-electron chi connectivity index (χ2n) is 9.03. The van der Waals surface area contributed by atoms with Gasteiger partial charge in [-0.2, -0.15) is 4.98 Å². The van der Waals surface area contributed by atoms with Crippen LogP contribution < -0.4 is 4.74 Å². The van der Waals surface area contributed by atoms with Crippen LogP contribution in [-0.4, -0.2) is 50.4 Å². The number of Topliss-reactive ketones (excluding diaryl/α,β-unsaturated/α-hetero) is 1. The molecule has 180 valence electrons. The van der Waals surface area contributed by atoms with Gasteiger partial charge in [-0.1, -0.05) is 17.6 Å². The topological polar surface area (TPSA) is 119 Å². The van der Waals surface area contributed by atoms with Gasteiger partial charge in [-0.15, -0.1) is 0 Å². The predicted molar refractivity (Wildman–Crippen MR) is 126 cm³/mol. The molecule has 2 N–H and O–H groups in total. The fraction of sp³-hybridized carbons (Fsp3) is 0.462. The van der Waals surface area contributed by atoms with Crippen molar-refractivity contribution in [3.63, 3.8) is 0 Å². The Balaban J connectivity index is 1.51. The molecule has 0 bridgehead atoms. The maximum absolute atomic E-state index is 13.0. The van der Waals surface area contributed by atoms with Gasteiger partial charge in [-0.25, -0.2) is 0 Å². The molecule has 2 aromatic heterocycles. The third kappa shape index (κ3) is 5.03. The van der Waals surface area contributed by atoms with Gasteiger partial charge >= 0.3 is 0 Å². The van der Waals surface area contributed by atoms with E-state index in [1.165, 1.54) is 0 Å². The number of aliphatic hydroxyl groups is 2. The summed E-state index contributed by atoms with van der Waals surface area (Å²) in [6.07, 6.45) is 5.18. The smallest absolute Gasteiger partial charge is 0.227 e. The summed E-state index contributed by atoms with van der Waals surface area (Å²) in [5.41, 5.74) is 2.77. The lowest BCUT2D eigenvalue weighted by molar-refractivity contribution is -0.127. The number of pyridine rings is 1. The van der Waals surface area contributed by atoms with Gasteiger partial charge in [0.25, 0.3) is 0 Å². The number of hydrogen-bond acceptors (Lipinski definition) is 8. The molecular weight excluding hydrogens is 434 g/mol. The molecule has 0 amide bonds. The van der Waals surface area contributed by atoms with Crippen LogP contribution in [-0.2, 0) is 16.6 Å². The van der Waals surface area contributed by atoms with Crippen LogP contribution in [0.25, 0.3) is 11.4 Å². The first kappa shape index (κ1) is 24.0. The van der Waals surface area contributed by atoms with Crippen molar-refractivity contribution in [1.29, 1.82) is 0 Å². The maximum Gasteiger partial charge on any atom is 0.227 e. The molecule has 8 nitrogen and oxygen atoms in total. The number of aryl methyl sites for hydroxylation is 3. The maximum atomic E-state index is 13.0. The van der Waals surface area contributed by atoms with Gasteiger partial charge < -0.3 is 19.5 Å². The van der Waals surface area contributed by atoms with Gasteiger partial charge in [0.05, 0.1) is 17.7 Å². The van der Waals surface area contributed by atoms with Crippen molar-refractivity contribution in [1.82, 2.24) is 15.1 Å². The molecule has 0 radical (unpaired) electrons. The van der Waals surface area contributed by atoms with Crippen LogP contribution in [0.4, 0.5) is 0 Å². The highest BCUT2D eigenvalue weighted by molar-refractivity contribution is 5.90. The normalized spacial score (nSPS) is 19.2. The van der Waals surface area contributed by atoms with E-state index < -0.39 is 11.5 Å². The molecule has 0 saturated heterocycles. The number of carbonyl (C=O) groups is 1. The molecule has 1 aromatic carbocycles. The number of nitrogens with zero attached hydrogens (tertiary/aromatic N) is 3. The van der Waals surface area contributed by atoms with Gasteiger partial charge in [-0.3, -0.25) is 9.78 Å². The number of aliphatic hydroxyl groups excluding tert-OH is 2. The molecule has 1 saturated carbocycles. The molecule has 3 aromatic rings. The molecule has 1 unspecified atom stereocenters. The number of carbonyl (C=O) groups excluding carboxylic acids is 1. The zero-order valence-electron chi connectivity index (χ0n) is 19.7. The third-order valence-electron chi connectivity index (χ3n) is 6.53. The zero-order chi connectivity index (χ0) is 24.1. The van der Waals surface area contributed by atoms with Gasteiger partial charge in [0, 0.05) is 24.6 Å². The minimum atomic E-state index is -0.927. The lowest BCUT2D eigenvalue weighted by atomic mass is 9.68. The highest BCUT2D eigenvalue weighted by Gasteiger charge is 2.42. The molecular formula is C26H31N3O5. The number of hydrogen-bond donors (Lipinski definition) is 2. The number of ether oxygens (including phenoxy) is 1. The molecule has 34 heavy (non-hydrogen) atoms. The molecule has 1 fully saturated rings. The summed E-state index contributed by atoms with van der Waals surface area (Å²) < 4.78 is 11.2. The SMILES string of the molecule is Cc1cc(-c2noc(CCC3(c4ccccn4)CCCCC3=O)n2)cc(C)c1OC[C@H](O)CO. The summed E-state index contributed by atoms with van der Waals surface area (Å²) in [4.78, 5) is 22.1. The third-order valence-corrected chi connectivity index (χ3v) is 6.53. The first-order valence-corrected chi connectivity index (χ1v) is 11.7. The van der Waals surface area contributed by atoms with Crippen LogP contribution in [0.5, 0.6) is 5.75 Å². The minimum Gasteiger partial charge on any atom is -0.490 e. The average Bonchev–Trinajstić information content (AvgIpc) is 3.33. The molecule has 0 spiro atoms. The summed E-state index contributed by atoms with van der Waals surface area (Å²) in [5, 5.41) is 22.7. The molecule has 2 heterocycles. The Bertz CT molecular complexity index is 1110. The van der Waals surface area contributed by atoms with Crippen LogP contribution in [0.3, 0.4) is 0 Å². The van der Waals surface area contributed by atoms with Crippen molar-refractivity contribution in [2.24, 2.45) is 0 Å². The van der Waals surface area contributed by atoms with E-state index in [1.54, 1.807) is 6.20 Å². The van der Waals surface area contributed by atoms with Gasteiger partial charge in [-0.05, 0) is 68.5 Å². The fourth-order valence-corrected chi connectivity index (χ4v) is 4.73. The highest BCUT2D eigenvalue weighted by atomic mass is 16.5. The lowest BCUT2D eigenvalue weighted by Crippen LogP contribution is -2.40. The minimum absolute atomic E-state index is 0.0145. The molecule has 4 rings (SSSR count). The van der Waals surface area contributed by atoms with Crippen LogP contribution in [0, 0.1) is 13.8 Å². The monoisotopic (exact) mass is 465 g/mol. The van der Waals surface area contributed by atoms with E-state index >= 15 is 0 Å². The fourth-order valence-electron chi connectivity index (χ4n) is 4.73. The van der Waals surface area contributed by atoms with Crippen molar-refractivity contribution in [3.05, 3.63) is 59.2 Å². The van der Waals surface area contributed by atoms with Crippen LogP contribution in [0.2, 0.25) is 0 Å². The first-order chi connectivity index (χ1) is 16.4. The van der Waals surface area contributed by atoms with Crippen molar-refractivity contribution >= 4 is 5.78 Å². The molecule has 0 aliphatic heterocycles. The number of rotatable bonds is 9. The summed E-state index contributed by atoms with van der Waals surface area (Å²) >= 11 is 0. The summed E-state index contributed by atoms with van der Waals surface area (Å²) in [6, 6.07) is 9.55. The first-order valence-electron chi connectivity index (χ1n) is 11.7. The Labute approximate surface area is 199 Å².